The van der Waals surface area contributed by atoms with Gasteiger partial charge in [0, 0.05) is 6.54 Å². The van der Waals surface area contributed by atoms with Crippen LogP contribution in [-0.2, 0) is 9.84 Å². The second-order valence-electron chi connectivity index (χ2n) is 0.887. The van der Waals surface area contributed by atoms with Gasteiger partial charge in [-0.3, -0.25) is 0 Å². The molecule has 4 heteroatoms. The maximum Gasteiger partial charge on any atom is 0.550 e. The molecule has 0 aromatic carbocycles. The summed E-state index contributed by atoms with van der Waals surface area (Å²) in [5.74, 6) is 0. The molecule has 0 unspecified atom stereocenters. The third-order valence-electron chi connectivity index (χ3n) is 0.338. The Kier molecular flexibility index (Phi) is 3.04. The molecule has 0 amide bonds. The molecule has 0 aromatic rings. The van der Waals surface area contributed by atoms with E-state index in [9.17, 15) is 9.90 Å². The average Bonchev–Trinajstić information content (AvgIpc) is 1.61. The van der Waals surface area contributed by atoms with Crippen LogP contribution >= 0.6 is 0 Å². The highest BCUT2D eigenvalue weighted by Crippen LogP contribution is 1.71. The maximum atomic E-state index is 9.37. The van der Waals surface area contributed by atoms with Crippen molar-refractivity contribution in [2.45, 2.75) is 0 Å². The van der Waals surface area contributed by atoms with Crippen LogP contribution in [0.5, 0.6) is 0 Å². The normalized spacial score (nSPS) is 8.14. The minimum Gasteiger partial charge on any atom is -0.430 e. The van der Waals surface area contributed by atoms with Crippen molar-refractivity contribution in [1.82, 2.24) is 0 Å². The quantitative estimate of drug-likeness (QED) is 0.480. The van der Waals surface area contributed by atoms with Gasteiger partial charge in [0.15, 0.2) is 0 Å². The summed E-state index contributed by atoms with van der Waals surface area (Å²) in [4.78, 5) is 9.37. The molecule has 0 rings (SSSR count). The van der Waals surface area contributed by atoms with Crippen molar-refractivity contribution >= 4 is 6.16 Å². The molecule has 0 aromatic heterocycles. The van der Waals surface area contributed by atoms with E-state index in [1.54, 1.807) is 0 Å². The lowest BCUT2D eigenvalue weighted by molar-refractivity contribution is 0.0703. The maximum absolute atomic E-state index is 9.37. The van der Waals surface area contributed by atoms with Crippen LogP contribution in [0.1, 0.15) is 0 Å². The fraction of sp³-hybridized carbons (Fsp3) is 0.667. The molecule has 0 aliphatic rings. The second kappa shape index (κ2) is 3.42. The highest BCUT2D eigenvalue weighted by atomic mass is 16.7. The Labute approximate surface area is 40.9 Å². The largest absolute Gasteiger partial charge is 0.550 e. The average molecular weight is 104 g/mol. The van der Waals surface area contributed by atoms with Crippen LogP contribution < -0.4 is 5.73 Å². The lowest BCUT2D eigenvalue weighted by atomic mass is 10.7. The van der Waals surface area contributed by atoms with Crippen molar-refractivity contribution in [3.05, 3.63) is 0 Å². The minimum atomic E-state index is -1.52. The van der Waals surface area contributed by atoms with Gasteiger partial charge in [-0.2, -0.15) is 9.90 Å². The first-order chi connectivity index (χ1) is 3.27. The third kappa shape index (κ3) is 5.23. The first-order valence-electron chi connectivity index (χ1n) is 1.81. The highest BCUT2D eigenvalue weighted by Gasteiger charge is 1.93. The van der Waals surface area contributed by atoms with Gasteiger partial charge in [-0.05, 0) is 0 Å². The van der Waals surface area contributed by atoms with E-state index in [0.717, 1.165) is 0 Å². The van der Waals surface area contributed by atoms with Crippen molar-refractivity contribution in [3.8, 4) is 0 Å². The molecule has 0 aliphatic heterocycles. The molecule has 41 valence electrons. The molecular formula is C3H6NO3. The van der Waals surface area contributed by atoms with Gasteiger partial charge in [-0.1, -0.05) is 0 Å². The first kappa shape index (κ1) is 6.23. The number of hydrogen-bond donors (Lipinski definition) is 1. The van der Waals surface area contributed by atoms with E-state index in [-0.39, 0.29) is 13.2 Å². The van der Waals surface area contributed by atoms with E-state index in [1.807, 2.05) is 0 Å². The summed E-state index contributed by atoms with van der Waals surface area (Å²) in [6, 6.07) is 0. The zero-order valence-corrected chi connectivity index (χ0v) is 3.72. The van der Waals surface area contributed by atoms with Crippen LogP contribution in [0, 0.1) is 0 Å². The van der Waals surface area contributed by atoms with Gasteiger partial charge in [0.05, 0.1) is 0 Å². The van der Waals surface area contributed by atoms with E-state index < -0.39 is 6.16 Å². The fourth-order valence-corrected chi connectivity index (χ4v) is 0.142. The van der Waals surface area contributed by atoms with Crippen molar-refractivity contribution in [2.75, 3.05) is 13.2 Å². The van der Waals surface area contributed by atoms with E-state index in [4.69, 9.17) is 5.73 Å². The molecule has 4 nitrogen and oxygen atoms in total. The van der Waals surface area contributed by atoms with Crippen molar-refractivity contribution in [1.29, 1.82) is 0 Å². The summed E-state index contributed by atoms with van der Waals surface area (Å²) in [5, 5.41) is 9.37. The van der Waals surface area contributed by atoms with Crippen LogP contribution in [0.15, 0.2) is 0 Å². The lowest BCUT2D eigenvalue weighted by Gasteiger charge is -1.89. The van der Waals surface area contributed by atoms with Gasteiger partial charge in [-0.25, -0.2) is 0 Å². The standard InChI is InChI=1S/C3H6NO3/c4-1-2-7-3(5)6/h1-2,4H2. The zero-order valence-electron chi connectivity index (χ0n) is 3.72. The molecule has 0 heterocycles. The number of hydrogen-bond acceptors (Lipinski definition) is 3. The molecule has 1 radical (unpaired) electrons. The van der Waals surface area contributed by atoms with Crippen LogP contribution in [0.25, 0.3) is 0 Å². The first-order valence-corrected chi connectivity index (χ1v) is 1.81. The highest BCUT2D eigenvalue weighted by molar-refractivity contribution is 5.56. The monoisotopic (exact) mass is 104 g/mol. The molecule has 0 saturated carbocycles. The molecule has 7 heavy (non-hydrogen) atoms. The van der Waals surface area contributed by atoms with Crippen LogP contribution in [-0.4, -0.2) is 19.3 Å². The molecular weight excluding hydrogens is 98.0 g/mol. The summed E-state index contributed by atoms with van der Waals surface area (Å²) in [6.07, 6.45) is -1.52. The number of rotatable bonds is 2. The third-order valence-corrected chi connectivity index (χ3v) is 0.338. The van der Waals surface area contributed by atoms with Crippen molar-refractivity contribution < 1.29 is 14.6 Å². The number of ether oxygens (including phenoxy) is 1. The summed E-state index contributed by atoms with van der Waals surface area (Å²) in [5.41, 5.74) is 4.86. The molecule has 0 atom stereocenters. The summed E-state index contributed by atoms with van der Waals surface area (Å²) < 4.78 is 3.87. The van der Waals surface area contributed by atoms with E-state index >= 15 is 0 Å². The van der Waals surface area contributed by atoms with Gasteiger partial charge >= 0.3 is 6.16 Å². The predicted molar refractivity (Wildman–Crippen MR) is 21.1 cm³/mol. The Bertz CT molecular complexity index is 63.2. The van der Waals surface area contributed by atoms with Crippen molar-refractivity contribution in [2.24, 2.45) is 5.73 Å². The SMILES string of the molecule is NCCOC([O])=O. The molecule has 0 aliphatic carbocycles. The number of carbonyl (C=O) groups excluding carboxylic acids is 1. The van der Waals surface area contributed by atoms with Gasteiger partial charge in [0.1, 0.15) is 6.61 Å². The molecule has 0 saturated heterocycles. The van der Waals surface area contributed by atoms with Gasteiger partial charge in [0.2, 0.25) is 0 Å². The Morgan fingerprint density at radius 2 is 2.29 bits per heavy atom. The molecule has 2 N–H and O–H groups in total. The lowest BCUT2D eigenvalue weighted by Crippen LogP contribution is -2.10. The van der Waals surface area contributed by atoms with Crippen LogP contribution in [0.4, 0.5) is 4.79 Å². The van der Waals surface area contributed by atoms with Crippen molar-refractivity contribution in [3.63, 3.8) is 0 Å². The van der Waals surface area contributed by atoms with Crippen LogP contribution in [0.2, 0.25) is 0 Å². The minimum absolute atomic E-state index is 0.0162. The Balaban J connectivity index is 2.82. The summed E-state index contributed by atoms with van der Waals surface area (Å²) in [6.45, 7) is 0.219. The number of carbonyl (C=O) groups is 1. The topological polar surface area (TPSA) is 72.2 Å². The summed E-state index contributed by atoms with van der Waals surface area (Å²) in [7, 11) is 0. The molecule has 0 fully saturated rings. The van der Waals surface area contributed by atoms with Gasteiger partial charge in [0.25, 0.3) is 0 Å². The van der Waals surface area contributed by atoms with Gasteiger partial charge in [-0.15, -0.1) is 0 Å². The zero-order chi connectivity index (χ0) is 5.70. The second-order valence-corrected chi connectivity index (χ2v) is 0.887. The van der Waals surface area contributed by atoms with E-state index in [2.05, 4.69) is 4.74 Å². The van der Waals surface area contributed by atoms with E-state index in [1.165, 1.54) is 0 Å². The predicted octanol–water partition coefficient (Wildman–Crippen LogP) is -0.488. The molecule has 0 bridgehead atoms. The Morgan fingerprint density at radius 3 is 2.43 bits per heavy atom. The Morgan fingerprint density at radius 1 is 1.71 bits per heavy atom. The van der Waals surface area contributed by atoms with Crippen LogP contribution in [0.3, 0.4) is 0 Å². The fourth-order valence-electron chi connectivity index (χ4n) is 0.142. The number of nitrogens with two attached hydrogens (primary N) is 1. The smallest absolute Gasteiger partial charge is 0.430 e. The molecule has 0 spiro atoms. The van der Waals surface area contributed by atoms with E-state index in [0.29, 0.717) is 0 Å². The Hall–Kier alpha value is -0.770. The van der Waals surface area contributed by atoms with Gasteiger partial charge < -0.3 is 10.5 Å². The summed E-state index contributed by atoms with van der Waals surface area (Å²) >= 11 is 0.